The van der Waals surface area contributed by atoms with Gasteiger partial charge in [-0.25, -0.2) is 4.79 Å². The third kappa shape index (κ3) is 4.58. The van der Waals surface area contributed by atoms with Crippen LogP contribution in [0.25, 0.3) is 0 Å². The maximum absolute atomic E-state index is 11.8. The molecule has 3 N–H and O–H groups in total. The molecule has 0 spiro atoms. The summed E-state index contributed by atoms with van der Waals surface area (Å²) in [5.74, 6) is 0. The molecule has 0 aliphatic carbocycles. The molecule has 0 saturated heterocycles. The van der Waals surface area contributed by atoms with E-state index >= 15 is 0 Å². The molecule has 0 unspecified atom stereocenters. The molecule has 0 aliphatic heterocycles. The summed E-state index contributed by atoms with van der Waals surface area (Å²) in [7, 11) is 0. The third-order valence-corrected chi connectivity index (χ3v) is 4.21. The molecule has 0 radical (unpaired) electrons. The highest BCUT2D eigenvalue weighted by molar-refractivity contribution is 7.11. The highest BCUT2D eigenvalue weighted by Gasteiger charge is 2.23. The lowest BCUT2D eigenvalue weighted by atomic mass is 9.96. The Morgan fingerprint density at radius 1 is 1.19 bits per heavy atom. The monoisotopic (exact) mass is 304 g/mol. The van der Waals surface area contributed by atoms with Gasteiger partial charge < -0.3 is 15.7 Å². The van der Waals surface area contributed by atoms with E-state index in [1.54, 1.807) is 18.3 Å². The average Bonchev–Trinajstić information content (AvgIpc) is 2.90. The molecule has 2 rings (SSSR count). The molecule has 21 heavy (non-hydrogen) atoms. The Balaban J connectivity index is 1.80. The smallest absolute Gasteiger partial charge is 0.315 e. The van der Waals surface area contributed by atoms with Crippen LogP contribution < -0.4 is 10.6 Å². The van der Waals surface area contributed by atoms with Gasteiger partial charge in [-0.1, -0.05) is 30.3 Å². The number of aliphatic hydroxyl groups is 1. The number of amides is 2. The summed E-state index contributed by atoms with van der Waals surface area (Å²) in [5.41, 5.74) is -0.308. The molecule has 1 aromatic heterocycles. The number of carbonyl (C=O) groups excluding carboxylic acids is 1. The Hall–Kier alpha value is -1.85. The van der Waals surface area contributed by atoms with Gasteiger partial charge in [0.15, 0.2) is 0 Å². The summed E-state index contributed by atoms with van der Waals surface area (Å²) in [4.78, 5) is 14.1. The second kappa shape index (κ2) is 6.74. The lowest BCUT2D eigenvalue weighted by Gasteiger charge is -2.24. The highest BCUT2D eigenvalue weighted by Crippen LogP contribution is 2.19. The van der Waals surface area contributed by atoms with Gasteiger partial charge in [0.25, 0.3) is 0 Å². The average molecular weight is 304 g/mol. The van der Waals surface area contributed by atoms with Crippen molar-refractivity contribution >= 4 is 17.4 Å². The number of urea groups is 1. The number of hydrogen-bond acceptors (Lipinski definition) is 3. The van der Waals surface area contributed by atoms with Crippen LogP contribution in [0.4, 0.5) is 4.79 Å². The molecule has 2 amide bonds. The van der Waals surface area contributed by atoms with E-state index in [2.05, 4.69) is 10.6 Å². The summed E-state index contributed by atoms with van der Waals surface area (Å²) in [6, 6.07) is 13.0. The Labute approximate surface area is 128 Å². The lowest BCUT2D eigenvalue weighted by Crippen LogP contribution is -2.43. The molecule has 1 heterocycles. The first-order valence-electron chi connectivity index (χ1n) is 6.82. The molecule has 0 saturated carbocycles. The van der Waals surface area contributed by atoms with Gasteiger partial charge in [-0.3, -0.25) is 0 Å². The van der Waals surface area contributed by atoms with E-state index in [1.165, 1.54) is 4.88 Å². The van der Waals surface area contributed by atoms with Crippen molar-refractivity contribution in [2.24, 2.45) is 0 Å². The van der Waals surface area contributed by atoms with Crippen LogP contribution >= 0.6 is 11.3 Å². The van der Waals surface area contributed by atoms with E-state index in [4.69, 9.17) is 0 Å². The summed E-state index contributed by atoms with van der Waals surface area (Å²) in [6.45, 7) is 4.38. The van der Waals surface area contributed by atoms with Crippen LogP contribution in [0.3, 0.4) is 0 Å². The van der Waals surface area contributed by atoms with E-state index in [0.717, 1.165) is 10.4 Å². The van der Waals surface area contributed by atoms with Crippen molar-refractivity contribution in [2.45, 2.75) is 26.0 Å². The Kier molecular flexibility index (Phi) is 4.98. The maximum atomic E-state index is 11.8. The van der Waals surface area contributed by atoms with Crippen molar-refractivity contribution in [2.75, 3.05) is 6.54 Å². The molecular formula is C16H20N2O2S. The molecule has 2 aromatic rings. The number of benzene rings is 1. The van der Waals surface area contributed by atoms with Crippen molar-refractivity contribution in [3.8, 4) is 0 Å². The van der Waals surface area contributed by atoms with Crippen LogP contribution in [0, 0.1) is 6.92 Å². The number of rotatable bonds is 5. The molecule has 0 bridgehead atoms. The first kappa shape index (κ1) is 15.5. The Bertz CT molecular complexity index is 593. The zero-order valence-corrected chi connectivity index (χ0v) is 13.0. The fourth-order valence-electron chi connectivity index (χ4n) is 1.96. The van der Waals surface area contributed by atoms with Gasteiger partial charge >= 0.3 is 6.03 Å². The van der Waals surface area contributed by atoms with Gasteiger partial charge in [0.2, 0.25) is 0 Å². The number of nitrogens with one attached hydrogen (secondary N) is 2. The summed E-state index contributed by atoms with van der Waals surface area (Å²) in [6.07, 6.45) is 0. The number of carbonyl (C=O) groups is 1. The highest BCUT2D eigenvalue weighted by atomic mass is 32.1. The minimum Gasteiger partial charge on any atom is -0.384 e. The van der Waals surface area contributed by atoms with Crippen LogP contribution in [-0.2, 0) is 12.1 Å². The molecule has 1 atom stereocenters. The van der Waals surface area contributed by atoms with E-state index in [-0.39, 0.29) is 12.6 Å². The predicted octanol–water partition coefficient (Wildman–Crippen LogP) is 2.76. The van der Waals surface area contributed by atoms with Crippen molar-refractivity contribution in [1.29, 1.82) is 0 Å². The van der Waals surface area contributed by atoms with Gasteiger partial charge in [0.05, 0.1) is 13.1 Å². The Morgan fingerprint density at radius 3 is 2.52 bits per heavy atom. The summed E-state index contributed by atoms with van der Waals surface area (Å²) < 4.78 is 0. The fraction of sp³-hybridized carbons (Fsp3) is 0.312. The molecule has 0 aliphatic rings. The predicted molar refractivity (Wildman–Crippen MR) is 85.3 cm³/mol. The largest absolute Gasteiger partial charge is 0.384 e. The van der Waals surface area contributed by atoms with Crippen molar-refractivity contribution in [1.82, 2.24) is 10.6 Å². The topological polar surface area (TPSA) is 61.4 Å². The van der Waals surface area contributed by atoms with Crippen LogP contribution in [0.1, 0.15) is 22.2 Å². The van der Waals surface area contributed by atoms with E-state index in [9.17, 15) is 9.90 Å². The molecule has 0 fully saturated rings. The number of aryl methyl sites for hydroxylation is 1. The molecular weight excluding hydrogens is 284 g/mol. The standard InChI is InChI=1S/C16H20N2O2S/c1-12-8-9-14(21-12)10-17-15(19)18-11-16(2,20)13-6-4-3-5-7-13/h3-9,20H,10-11H2,1-2H3,(H2,17,18,19)/t16-/m1/s1. The minimum atomic E-state index is -1.09. The van der Waals surface area contributed by atoms with Crippen LogP contribution in [0.15, 0.2) is 42.5 Å². The van der Waals surface area contributed by atoms with E-state index < -0.39 is 5.60 Å². The van der Waals surface area contributed by atoms with Crippen molar-refractivity contribution < 1.29 is 9.90 Å². The Morgan fingerprint density at radius 2 is 1.90 bits per heavy atom. The molecule has 1 aromatic carbocycles. The first-order valence-corrected chi connectivity index (χ1v) is 7.64. The van der Waals surface area contributed by atoms with Gasteiger partial charge in [0, 0.05) is 9.75 Å². The van der Waals surface area contributed by atoms with Crippen molar-refractivity contribution in [3.05, 3.63) is 57.8 Å². The number of hydrogen-bond donors (Lipinski definition) is 3. The third-order valence-electron chi connectivity index (χ3n) is 3.21. The normalized spacial score (nSPS) is 13.5. The molecule has 4 nitrogen and oxygen atoms in total. The van der Waals surface area contributed by atoms with Gasteiger partial charge in [-0.05, 0) is 31.5 Å². The SMILES string of the molecule is Cc1ccc(CNC(=O)NC[C@@](C)(O)c2ccccc2)s1. The maximum Gasteiger partial charge on any atom is 0.315 e. The van der Waals surface area contributed by atoms with Gasteiger partial charge in [-0.15, -0.1) is 11.3 Å². The minimum absolute atomic E-state index is 0.159. The lowest BCUT2D eigenvalue weighted by molar-refractivity contribution is 0.0594. The quantitative estimate of drug-likeness (QED) is 0.795. The summed E-state index contributed by atoms with van der Waals surface area (Å²) in [5, 5.41) is 15.9. The van der Waals surface area contributed by atoms with E-state index in [1.807, 2.05) is 49.4 Å². The molecule has 112 valence electrons. The first-order chi connectivity index (χ1) is 9.97. The summed E-state index contributed by atoms with van der Waals surface area (Å²) >= 11 is 1.66. The van der Waals surface area contributed by atoms with Crippen LogP contribution in [0.5, 0.6) is 0 Å². The van der Waals surface area contributed by atoms with Crippen LogP contribution in [-0.4, -0.2) is 17.7 Å². The second-order valence-electron chi connectivity index (χ2n) is 5.19. The van der Waals surface area contributed by atoms with E-state index in [0.29, 0.717) is 6.54 Å². The second-order valence-corrected chi connectivity index (χ2v) is 6.56. The van der Waals surface area contributed by atoms with Crippen LogP contribution in [0.2, 0.25) is 0 Å². The van der Waals surface area contributed by atoms with Gasteiger partial charge in [-0.2, -0.15) is 0 Å². The van der Waals surface area contributed by atoms with Crippen molar-refractivity contribution in [3.63, 3.8) is 0 Å². The fourth-order valence-corrected chi connectivity index (χ4v) is 2.79. The molecule has 5 heteroatoms. The zero-order valence-electron chi connectivity index (χ0n) is 12.2. The van der Waals surface area contributed by atoms with Gasteiger partial charge in [0.1, 0.15) is 5.60 Å². The number of thiophene rings is 1. The zero-order chi connectivity index (χ0) is 15.3.